The number of hydrogen-bond donors (Lipinski definition) is 0. The van der Waals surface area contributed by atoms with Gasteiger partial charge < -0.3 is 4.42 Å². The van der Waals surface area contributed by atoms with Crippen LogP contribution in [0.1, 0.15) is 0 Å². The normalized spacial score (nSPS) is 12.3. The van der Waals surface area contributed by atoms with E-state index in [1.807, 2.05) is 48.2 Å². The largest absolute Gasteiger partial charge is 0.456 e. The second-order valence-electron chi connectivity index (χ2n) is 15.2. The molecule has 0 unspecified atom stereocenters. The fourth-order valence-corrected chi connectivity index (χ4v) is 10.2. The summed E-state index contributed by atoms with van der Waals surface area (Å²) >= 11 is 1.84. The highest BCUT2D eigenvalue weighted by atomic mass is 32.2. The van der Waals surface area contributed by atoms with E-state index in [2.05, 4.69) is 161 Å². The van der Waals surface area contributed by atoms with Crippen LogP contribution in [-0.4, -0.2) is 24.1 Å². The highest BCUT2D eigenvalue weighted by molar-refractivity contribution is 7.99. The van der Waals surface area contributed by atoms with Gasteiger partial charge in [-0.3, -0.25) is 9.13 Å². The summed E-state index contributed by atoms with van der Waals surface area (Å²) in [6, 6.07) is 65.9. The smallest absolute Gasteiger partial charge is 0.164 e. The van der Waals surface area contributed by atoms with Crippen LogP contribution in [0.2, 0.25) is 0 Å². The van der Waals surface area contributed by atoms with Crippen LogP contribution in [0.3, 0.4) is 0 Å². The Morgan fingerprint density at radius 1 is 0.417 bits per heavy atom. The van der Waals surface area contributed by atoms with Crippen molar-refractivity contribution in [1.29, 1.82) is 0 Å². The molecular formula is C53H31N5OS. The molecule has 60 heavy (non-hydrogen) atoms. The first-order valence-electron chi connectivity index (χ1n) is 20.0. The van der Waals surface area contributed by atoms with E-state index >= 15 is 0 Å². The van der Waals surface area contributed by atoms with Crippen molar-refractivity contribution in [3.63, 3.8) is 0 Å². The van der Waals surface area contributed by atoms with Crippen LogP contribution in [0, 0.1) is 0 Å². The SMILES string of the molecule is c1ccc(-c2ccccc2-c2nc(-c3cccc(-n4c5ccccc5c5c6cccc7c6n(c54)-c4ccccc4S7)c3)nc(-c3ccc4c(c3)oc3ccccc34)n2)cc1. The predicted octanol–water partition coefficient (Wildman–Crippen LogP) is 13.9. The standard InChI is InChI=1S/C53H31N5OS/c1-2-14-32(15-3-1)36-18-4-5-20-39(36)52-55-50(54-51(56-52)34-28-29-38-37-19-7-10-25-44(37)59-45(38)31-34)33-16-12-17-35(30-33)57-42-23-8-6-21-40(42)48-41-22-13-27-47-49(41)58(53(48)57)43-24-9-11-26-46(43)60-47/h1-31H. The van der Waals surface area contributed by atoms with Crippen molar-refractivity contribution in [2.75, 3.05) is 0 Å². The van der Waals surface area contributed by atoms with E-state index in [1.54, 1.807) is 0 Å². The number of benzene rings is 8. The number of hydrogen-bond acceptors (Lipinski definition) is 5. The summed E-state index contributed by atoms with van der Waals surface area (Å²) in [7, 11) is 0. The van der Waals surface area contributed by atoms with E-state index in [9.17, 15) is 0 Å². The number of rotatable bonds is 5. The fraction of sp³-hybridized carbons (Fsp3) is 0. The van der Waals surface area contributed by atoms with Crippen LogP contribution in [0.25, 0.3) is 111 Å². The van der Waals surface area contributed by atoms with Crippen molar-refractivity contribution in [1.82, 2.24) is 24.1 Å². The number of nitrogens with zero attached hydrogens (tertiary/aromatic N) is 5. The maximum absolute atomic E-state index is 6.35. The lowest BCUT2D eigenvalue weighted by atomic mass is 9.99. The molecule has 0 saturated carbocycles. The van der Waals surface area contributed by atoms with E-state index in [0.29, 0.717) is 17.5 Å². The summed E-state index contributed by atoms with van der Waals surface area (Å²) in [6.45, 7) is 0. The van der Waals surface area contributed by atoms with Crippen molar-refractivity contribution < 1.29 is 4.42 Å². The molecule has 0 amide bonds. The van der Waals surface area contributed by atoms with Gasteiger partial charge in [-0.25, -0.2) is 15.0 Å². The van der Waals surface area contributed by atoms with Crippen molar-refractivity contribution in [2.45, 2.75) is 9.79 Å². The average molecular weight is 786 g/mol. The molecule has 0 saturated heterocycles. The van der Waals surface area contributed by atoms with Crippen molar-refractivity contribution >= 4 is 66.5 Å². The number of furan rings is 1. The highest BCUT2D eigenvalue weighted by Gasteiger charge is 2.28. The maximum atomic E-state index is 6.35. The van der Waals surface area contributed by atoms with E-state index in [-0.39, 0.29) is 0 Å². The Morgan fingerprint density at radius 2 is 1.07 bits per heavy atom. The van der Waals surface area contributed by atoms with Gasteiger partial charge >= 0.3 is 0 Å². The van der Waals surface area contributed by atoms with E-state index in [0.717, 1.165) is 66.6 Å². The third kappa shape index (κ3) is 4.93. The summed E-state index contributed by atoms with van der Waals surface area (Å²) < 4.78 is 11.2. The molecule has 0 fully saturated rings. The maximum Gasteiger partial charge on any atom is 0.164 e. The Bertz CT molecular complexity index is 3710. The van der Waals surface area contributed by atoms with Gasteiger partial charge in [0, 0.05) is 59.1 Å². The van der Waals surface area contributed by atoms with Gasteiger partial charge in [0.1, 0.15) is 16.8 Å². The lowest BCUT2D eigenvalue weighted by Gasteiger charge is -2.21. The van der Waals surface area contributed by atoms with Gasteiger partial charge in [0.05, 0.1) is 16.7 Å². The van der Waals surface area contributed by atoms with Gasteiger partial charge in [-0.05, 0) is 65.7 Å². The third-order valence-electron chi connectivity index (χ3n) is 11.8. The molecule has 0 spiro atoms. The molecule has 280 valence electrons. The van der Waals surface area contributed by atoms with Gasteiger partial charge in [-0.2, -0.15) is 0 Å². The van der Waals surface area contributed by atoms with Gasteiger partial charge in [0.15, 0.2) is 17.5 Å². The van der Waals surface area contributed by atoms with Crippen molar-refractivity contribution in [2.24, 2.45) is 0 Å². The molecule has 0 N–H and O–H groups in total. The van der Waals surface area contributed by atoms with Crippen LogP contribution in [-0.2, 0) is 0 Å². The molecule has 6 nitrogen and oxygen atoms in total. The molecule has 12 aromatic rings. The molecule has 1 aliphatic rings. The van der Waals surface area contributed by atoms with Crippen LogP contribution in [0.5, 0.6) is 0 Å². The molecule has 5 heterocycles. The Balaban J connectivity index is 1.05. The number of para-hydroxylation sites is 4. The first kappa shape index (κ1) is 33.3. The second kappa shape index (κ2) is 12.9. The van der Waals surface area contributed by atoms with Crippen LogP contribution >= 0.6 is 11.8 Å². The topological polar surface area (TPSA) is 61.7 Å². The fourth-order valence-electron chi connectivity index (χ4n) is 9.14. The number of aromatic nitrogens is 5. The van der Waals surface area contributed by atoms with E-state index < -0.39 is 0 Å². The van der Waals surface area contributed by atoms with Gasteiger partial charge in [-0.15, -0.1) is 0 Å². The second-order valence-corrected chi connectivity index (χ2v) is 16.3. The van der Waals surface area contributed by atoms with Gasteiger partial charge in [0.2, 0.25) is 0 Å². The Labute approximate surface area is 348 Å². The lowest BCUT2D eigenvalue weighted by Crippen LogP contribution is -2.06. The van der Waals surface area contributed by atoms with Gasteiger partial charge in [-0.1, -0.05) is 145 Å². The Hall–Kier alpha value is -7.74. The summed E-state index contributed by atoms with van der Waals surface area (Å²) in [5.41, 5.74) is 12.2. The first-order valence-corrected chi connectivity index (χ1v) is 20.8. The van der Waals surface area contributed by atoms with Crippen molar-refractivity contribution in [3.05, 3.63) is 188 Å². The van der Waals surface area contributed by atoms with Crippen LogP contribution in [0.4, 0.5) is 0 Å². The average Bonchev–Trinajstić information content (AvgIpc) is 3.98. The summed E-state index contributed by atoms with van der Waals surface area (Å²) in [4.78, 5) is 18.2. The molecular weight excluding hydrogens is 755 g/mol. The Morgan fingerprint density at radius 3 is 1.97 bits per heavy atom. The van der Waals surface area contributed by atoms with E-state index in [4.69, 9.17) is 19.4 Å². The monoisotopic (exact) mass is 785 g/mol. The molecule has 0 bridgehead atoms. The molecule has 8 aromatic carbocycles. The lowest BCUT2D eigenvalue weighted by molar-refractivity contribution is 0.669. The molecule has 7 heteroatoms. The summed E-state index contributed by atoms with van der Waals surface area (Å²) in [5, 5.41) is 5.85. The number of fused-ring (bicyclic) bond motifs is 10. The zero-order valence-electron chi connectivity index (χ0n) is 32.0. The molecule has 4 aromatic heterocycles. The zero-order valence-corrected chi connectivity index (χ0v) is 32.8. The zero-order chi connectivity index (χ0) is 39.3. The Kier molecular flexibility index (Phi) is 7.14. The minimum Gasteiger partial charge on any atom is -0.456 e. The summed E-state index contributed by atoms with van der Waals surface area (Å²) in [5.74, 6) is 1.76. The molecule has 0 atom stereocenters. The third-order valence-corrected chi connectivity index (χ3v) is 12.9. The predicted molar refractivity (Wildman–Crippen MR) is 244 cm³/mol. The quantitative estimate of drug-likeness (QED) is 0.174. The van der Waals surface area contributed by atoms with E-state index in [1.165, 1.54) is 37.2 Å². The minimum atomic E-state index is 0.573. The van der Waals surface area contributed by atoms with Crippen LogP contribution in [0.15, 0.2) is 202 Å². The minimum absolute atomic E-state index is 0.573. The molecule has 0 radical (unpaired) electrons. The summed E-state index contributed by atoms with van der Waals surface area (Å²) in [6.07, 6.45) is 0. The molecule has 13 rings (SSSR count). The first-order chi connectivity index (χ1) is 29.7. The van der Waals surface area contributed by atoms with Crippen LogP contribution < -0.4 is 0 Å². The molecule has 0 aliphatic carbocycles. The highest BCUT2D eigenvalue weighted by Crippen LogP contribution is 2.49. The van der Waals surface area contributed by atoms with Gasteiger partial charge in [0.25, 0.3) is 0 Å². The molecule has 1 aliphatic heterocycles. The van der Waals surface area contributed by atoms with Crippen molar-refractivity contribution in [3.8, 4) is 56.7 Å².